The van der Waals surface area contributed by atoms with Crippen molar-refractivity contribution >= 4 is 11.1 Å². The minimum atomic E-state index is -0.270. The van der Waals surface area contributed by atoms with Crippen LogP contribution in [0.5, 0.6) is 0 Å². The summed E-state index contributed by atoms with van der Waals surface area (Å²) in [5, 5.41) is 4.17. The maximum atomic E-state index is 12.7. The van der Waals surface area contributed by atoms with E-state index in [1.54, 1.807) is 24.5 Å². The van der Waals surface area contributed by atoms with Gasteiger partial charge in [-0.2, -0.15) is 4.98 Å². The smallest absolute Gasteiger partial charge is 0.275 e. The summed E-state index contributed by atoms with van der Waals surface area (Å²) >= 11 is 0. The first-order valence-corrected chi connectivity index (χ1v) is 9.98. The zero-order valence-electron chi connectivity index (χ0n) is 16.0. The van der Waals surface area contributed by atoms with E-state index in [9.17, 15) is 9.59 Å². The van der Waals surface area contributed by atoms with E-state index < -0.39 is 0 Å². The quantitative estimate of drug-likeness (QED) is 0.528. The van der Waals surface area contributed by atoms with E-state index in [0.717, 1.165) is 6.42 Å². The van der Waals surface area contributed by atoms with Crippen molar-refractivity contribution in [1.29, 1.82) is 0 Å². The van der Waals surface area contributed by atoms with Crippen molar-refractivity contribution in [2.24, 2.45) is 11.8 Å². The van der Waals surface area contributed by atoms with Crippen molar-refractivity contribution in [1.82, 2.24) is 19.1 Å². The van der Waals surface area contributed by atoms with Gasteiger partial charge >= 0.3 is 0 Å². The van der Waals surface area contributed by atoms with Gasteiger partial charge in [0.1, 0.15) is 12.1 Å². The van der Waals surface area contributed by atoms with Gasteiger partial charge in [0.05, 0.1) is 0 Å². The number of hydrogen-bond acceptors (Lipinski definition) is 5. The standard InChI is InChI=1S/C23H18N4O3/c28-20-8-4-7-18-23(29)26(9-10-27(18)20)13-19-24-22(25-30-19)21-16-11-15(12-17(16)21)14-5-2-1-3-6-14/h1-11,16-17,21H,12-13H2/t16-,17+,21+/m0/s1. The van der Waals surface area contributed by atoms with E-state index in [0.29, 0.717) is 35.0 Å². The van der Waals surface area contributed by atoms with Crippen molar-refractivity contribution < 1.29 is 4.52 Å². The minimum Gasteiger partial charge on any atom is -0.337 e. The molecule has 0 bridgehead atoms. The van der Waals surface area contributed by atoms with Crippen molar-refractivity contribution in [3.63, 3.8) is 0 Å². The summed E-state index contributed by atoms with van der Waals surface area (Å²) in [5.41, 5.74) is 2.49. The largest absolute Gasteiger partial charge is 0.337 e. The molecule has 0 saturated heterocycles. The zero-order chi connectivity index (χ0) is 20.2. The summed E-state index contributed by atoms with van der Waals surface area (Å²) < 4.78 is 8.24. The van der Waals surface area contributed by atoms with Crippen molar-refractivity contribution in [3.8, 4) is 0 Å². The summed E-state index contributed by atoms with van der Waals surface area (Å²) in [6.45, 7) is 0.179. The van der Waals surface area contributed by atoms with Gasteiger partial charge in [-0.1, -0.05) is 47.6 Å². The lowest BCUT2D eigenvalue weighted by atomic mass is 10.0. The molecule has 0 radical (unpaired) electrons. The van der Waals surface area contributed by atoms with Gasteiger partial charge in [-0.3, -0.25) is 14.0 Å². The van der Waals surface area contributed by atoms with Crippen LogP contribution < -0.4 is 11.1 Å². The maximum Gasteiger partial charge on any atom is 0.275 e. The van der Waals surface area contributed by atoms with E-state index in [-0.39, 0.29) is 17.7 Å². The van der Waals surface area contributed by atoms with E-state index in [4.69, 9.17) is 4.52 Å². The SMILES string of the molecule is O=c1c2cccc(=O)n2ccn1Cc1nc([C@@H]2[C@H]3C=C(c4ccccc4)C[C@H]32)no1. The van der Waals surface area contributed by atoms with E-state index in [1.807, 2.05) is 6.07 Å². The average molecular weight is 398 g/mol. The number of hydrogen-bond donors (Lipinski definition) is 0. The highest BCUT2D eigenvalue weighted by Gasteiger charge is 2.55. The molecule has 0 amide bonds. The molecule has 7 heteroatoms. The fourth-order valence-corrected chi connectivity index (χ4v) is 4.60. The number of rotatable bonds is 4. The molecule has 6 rings (SSSR count). The Hall–Kier alpha value is -3.74. The minimum absolute atomic E-state index is 0.179. The molecule has 2 aliphatic carbocycles. The van der Waals surface area contributed by atoms with Crippen molar-refractivity contribution in [3.05, 3.63) is 105 Å². The Labute approximate surface area is 170 Å². The van der Waals surface area contributed by atoms with Crippen LogP contribution in [-0.4, -0.2) is 19.1 Å². The Morgan fingerprint density at radius 1 is 1.03 bits per heavy atom. The predicted molar refractivity (Wildman–Crippen MR) is 110 cm³/mol. The molecule has 1 saturated carbocycles. The summed E-state index contributed by atoms with van der Waals surface area (Å²) in [6, 6.07) is 15.1. The topological polar surface area (TPSA) is 82.4 Å². The maximum absolute atomic E-state index is 12.7. The Morgan fingerprint density at radius 2 is 1.90 bits per heavy atom. The number of fused-ring (bicyclic) bond motifs is 2. The van der Waals surface area contributed by atoms with Crippen LogP contribution in [0.2, 0.25) is 0 Å². The van der Waals surface area contributed by atoms with E-state index in [1.165, 1.54) is 26.2 Å². The Balaban J connectivity index is 1.22. The third-order valence-corrected chi connectivity index (χ3v) is 6.18. The van der Waals surface area contributed by atoms with Gasteiger partial charge in [0.25, 0.3) is 11.1 Å². The van der Waals surface area contributed by atoms with Gasteiger partial charge in [-0.05, 0) is 35.5 Å². The normalized spacial score (nSPS) is 22.1. The molecule has 7 nitrogen and oxygen atoms in total. The van der Waals surface area contributed by atoms with Crippen LogP contribution in [-0.2, 0) is 6.54 Å². The zero-order valence-corrected chi connectivity index (χ0v) is 16.0. The molecular weight excluding hydrogens is 380 g/mol. The highest BCUT2D eigenvalue weighted by molar-refractivity contribution is 5.70. The van der Waals surface area contributed by atoms with E-state index >= 15 is 0 Å². The molecule has 3 atom stereocenters. The Kier molecular flexibility index (Phi) is 3.65. The van der Waals surface area contributed by atoms with Crippen molar-refractivity contribution in [2.75, 3.05) is 0 Å². The molecule has 1 fully saturated rings. The third kappa shape index (κ3) is 2.66. The fraction of sp³-hybridized carbons (Fsp3) is 0.217. The van der Waals surface area contributed by atoms with Gasteiger partial charge < -0.3 is 9.09 Å². The molecule has 0 N–H and O–H groups in total. The van der Waals surface area contributed by atoms with Crippen LogP contribution in [0.4, 0.5) is 0 Å². The Morgan fingerprint density at radius 3 is 2.70 bits per heavy atom. The van der Waals surface area contributed by atoms with Gasteiger partial charge in [0.2, 0.25) is 5.89 Å². The average Bonchev–Trinajstić information content (AvgIpc) is 3.10. The fourth-order valence-electron chi connectivity index (χ4n) is 4.60. The highest BCUT2D eigenvalue weighted by Crippen LogP contribution is 2.62. The molecule has 148 valence electrons. The number of pyridine rings is 1. The number of nitrogens with zero attached hydrogens (tertiary/aromatic N) is 4. The molecule has 0 unspecified atom stereocenters. The first-order chi connectivity index (χ1) is 14.7. The van der Waals surface area contributed by atoms with Crippen LogP contribution in [0, 0.1) is 11.8 Å². The third-order valence-electron chi connectivity index (χ3n) is 6.18. The predicted octanol–water partition coefficient (Wildman–Crippen LogP) is 2.71. The molecular formula is C23H18N4O3. The molecule has 30 heavy (non-hydrogen) atoms. The lowest BCUT2D eigenvalue weighted by Gasteiger charge is -2.05. The first kappa shape index (κ1) is 17.1. The van der Waals surface area contributed by atoms with Gasteiger partial charge in [-0.15, -0.1) is 0 Å². The molecule has 2 aliphatic rings. The molecule has 0 spiro atoms. The van der Waals surface area contributed by atoms with Crippen LogP contribution in [0.1, 0.15) is 29.6 Å². The van der Waals surface area contributed by atoms with Crippen LogP contribution >= 0.6 is 0 Å². The summed E-state index contributed by atoms with van der Waals surface area (Å²) in [7, 11) is 0. The lowest BCUT2D eigenvalue weighted by Crippen LogP contribution is -2.26. The second kappa shape index (κ2) is 6.38. The Bertz CT molecular complexity index is 1410. The number of aromatic nitrogens is 4. The molecule has 1 aromatic carbocycles. The van der Waals surface area contributed by atoms with Gasteiger partial charge in [0, 0.05) is 24.4 Å². The van der Waals surface area contributed by atoms with Crippen LogP contribution in [0.15, 0.2) is 81.1 Å². The second-order valence-corrected chi connectivity index (χ2v) is 7.93. The lowest BCUT2D eigenvalue weighted by molar-refractivity contribution is 0.364. The molecule has 3 aromatic heterocycles. The molecule has 0 aliphatic heterocycles. The first-order valence-electron chi connectivity index (χ1n) is 9.98. The van der Waals surface area contributed by atoms with Crippen LogP contribution in [0.25, 0.3) is 11.1 Å². The summed E-state index contributed by atoms with van der Waals surface area (Å²) in [6.07, 6.45) is 6.52. The van der Waals surface area contributed by atoms with Gasteiger partial charge in [-0.25, -0.2) is 0 Å². The summed E-state index contributed by atoms with van der Waals surface area (Å²) in [4.78, 5) is 29.1. The molecule has 4 aromatic rings. The van der Waals surface area contributed by atoms with Gasteiger partial charge in [0.15, 0.2) is 5.82 Å². The highest BCUT2D eigenvalue weighted by atomic mass is 16.5. The second-order valence-electron chi connectivity index (χ2n) is 7.93. The van der Waals surface area contributed by atoms with Crippen LogP contribution in [0.3, 0.4) is 0 Å². The van der Waals surface area contributed by atoms with Crippen molar-refractivity contribution in [2.45, 2.75) is 18.9 Å². The van der Waals surface area contributed by atoms with E-state index in [2.05, 4.69) is 40.5 Å². The summed E-state index contributed by atoms with van der Waals surface area (Å²) in [5.74, 6) is 2.39. The molecule has 3 heterocycles. The monoisotopic (exact) mass is 398 g/mol. The number of allylic oxidation sites excluding steroid dienone is 2. The number of benzene rings is 1.